The Morgan fingerprint density at radius 3 is 2.19 bits per heavy atom. The van der Waals surface area contributed by atoms with E-state index in [2.05, 4.69) is 16.9 Å². The molecule has 0 atom stereocenters. The number of carboxylic acid groups (broad SMARTS) is 1. The lowest BCUT2D eigenvalue weighted by molar-refractivity contribution is -0.149. The molecule has 0 aliphatic carbocycles. The van der Waals surface area contributed by atoms with Crippen LogP contribution in [0.1, 0.15) is 52.4 Å². The number of nitrogens with one attached hydrogen (secondary N) is 2. The van der Waals surface area contributed by atoms with Crippen LogP contribution in [-0.4, -0.2) is 42.2 Å². The minimum Gasteiger partial charge on any atom is -0.481 e. The van der Waals surface area contributed by atoms with E-state index in [4.69, 9.17) is 0 Å². The fourth-order valence-electron chi connectivity index (χ4n) is 2.12. The lowest BCUT2D eigenvalue weighted by atomic mass is 9.82. The van der Waals surface area contributed by atoms with Crippen LogP contribution < -0.4 is 10.6 Å². The molecule has 6 heteroatoms. The van der Waals surface area contributed by atoms with E-state index in [9.17, 15) is 14.7 Å². The first-order valence-corrected chi connectivity index (χ1v) is 9.15. The topological polar surface area (TPSA) is 78.4 Å². The van der Waals surface area contributed by atoms with Crippen molar-refractivity contribution in [2.45, 2.75) is 52.4 Å². The molecular formula is C15H30N2O3S. The molecule has 0 aromatic carbocycles. The van der Waals surface area contributed by atoms with Gasteiger partial charge >= 0.3 is 12.0 Å². The first-order chi connectivity index (χ1) is 10.0. The van der Waals surface area contributed by atoms with Crippen molar-refractivity contribution in [1.29, 1.82) is 0 Å². The molecule has 0 spiro atoms. The minimum atomic E-state index is -0.852. The van der Waals surface area contributed by atoms with Crippen molar-refractivity contribution < 1.29 is 14.7 Å². The van der Waals surface area contributed by atoms with Gasteiger partial charge in [0.05, 0.1) is 5.41 Å². The number of urea groups is 1. The van der Waals surface area contributed by atoms with Crippen LogP contribution in [0.5, 0.6) is 0 Å². The highest BCUT2D eigenvalue weighted by Crippen LogP contribution is 2.25. The van der Waals surface area contributed by atoms with Crippen LogP contribution in [0, 0.1) is 5.41 Å². The fraction of sp³-hybridized carbons (Fsp3) is 0.867. The largest absolute Gasteiger partial charge is 0.481 e. The zero-order chi connectivity index (χ0) is 16.1. The van der Waals surface area contributed by atoms with E-state index < -0.39 is 11.4 Å². The van der Waals surface area contributed by atoms with Crippen molar-refractivity contribution in [1.82, 2.24) is 10.6 Å². The molecule has 3 N–H and O–H groups in total. The number of carbonyl (C=O) groups excluding carboxylic acids is 1. The first kappa shape index (κ1) is 20.1. The highest BCUT2D eigenvalue weighted by Gasteiger charge is 2.35. The summed E-state index contributed by atoms with van der Waals surface area (Å²) >= 11 is 1.86. The number of rotatable bonds is 12. The SMILES string of the molecule is CCC(CC)(CNC(=O)NCCCCCCSC)C(=O)O. The average Bonchev–Trinajstić information content (AvgIpc) is 2.47. The summed E-state index contributed by atoms with van der Waals surface area (Å²) in [5, 5.41) is 14.7. The summed E-state index contributed by atoms with van der Waals surface area (Å²) in [7, 11) is 0. The van der Waals surface area contributed by atoms with Gasteiger partial charge in [0, 0.05) is 13.1 Å². The van der Waals surface area contributed by atoms with Crippen molar-refractivity contribution in [3.05, 3.63) is 0 Å². The molecule has 0 aromatic rings. The number of carbonyl (C=O) groups is 2. The molecule has 0 bridgehead atoms. The molecule has 0 heterocycles. The van der Waals surface area contributed by atoms with Gasteiger partial charge in [-0.15, -0.1) is 0 Å². The highest BCUT2D eigenvalue weighted by atomic mass is 32.2. The Hall–Kier alpha value is -0.910. The van der Waals surface area contributed by atoms with E-state index in [0.717, 1.165) is 12.8 Å². The molecule has 0 saturated carbocycles. The van der Waals surface area contributed by atoms with Crippen LogP contribution in [0.2, 0.25) is 0 Å². The maximum Gasteiger partial charge on any atom is 0.314 e. The molecule has 0 unspecified atom stereocenters. The molecule has 0 aromatic heterocycles. The third kappa shape index (κ3) is 8.19. The molecule has 124 valence electrons. The Balaban J connectivity index is 3.82. The summed E-state index contributed by atoms with van der Waals surface area (Å²) in [5.41, 5.74) is -0.852. The molecule has 0 aliphatic heterocycles. The number of thioether (sulfide) groups is 1. The van der Waals surface area contributed by atoms with E-state index >= 15 is 0 Å². The summed E-state index contributed by atoms with van der Waals surface area (Å²) in [4.78, 5) is 23.0. The second kappa shape index (κ2) is 11.7. The highest BCUT2D eigenvalue weighted by molar-refractivity contribution is 7.98. The van der Waals surface area contributed by atoms with Crippen molar-refractivity contribution in [2.24, 2.45) is 5.41 Å². The molecule has 0 aliphatic rings. The van der Waals surface area contributed by atoms with Crippen LogP contribution in [-0.2, 0) is 4.79 Å². The molecule has 21 heavy (non-hydrogen) atoms. The normalized spacial score (nSPS) is 11.2. The van der Waals surface area contributed by atoms with Crippen LogP contribution >= 0.6 is 11.8 Å². The van der Waals surface area contributed by atoms with Gasteiger partial charge in [0.1, 0.15) is 0 Å². The summed E-state index contributed by atoms with van der Waals surface area (Å²) < 4.78 is 0. The maximum absolute atomic E-state index is 11.7. The van der Waals surface area contributed by atoms with Crippen LogP contribution in [0.3, 0.4) is 0 Å². The molecule has 0 radical (unpaired) electrons. The predicted molar refractivity (Wildman–Crippen MR) is 88.9 cm³/mol. The second-order valence-corrected chi connectivity index (χ2v) is 6.29. The Bertz CT molecular complexity index is 307. The smallest absolute Gasteiger partial charge is 0.314 e. The quantitative estimate of drug-likeness (QED) is 0.483. The van der Waals surface area contributed by atoms with Crippen LogP contribution in [0.15, 0.2) is 0 Å². The van der Waals surface area contributed by atoms with Gasteiger partial charge in [-0.3, -0.25) is 4.79 Å². The number of hydrogen-bond acceptors (Lipinski definition) is 3. The zero-order valence-corrected chi connectivity index (χ0v) is 14.4. The van der Waals surface area contributed by atoms with Crippen LogP contribution in [0.25, 0.3) is 0 Å². The van der Waals surface area contributed by atoms with Crippen molar-refractivity contribution in [2.75, 3.05) is 25.1 Å². The van der Waals surface area contributed by atoms with Gasteiger partial charge in [-0.05, 0) is 37.7 Å². The van der Waals surface area contributed by atoms with Gasteiger partial charge in [0.15, 0.2) is 0 Å². The Morgan fingerprint density at radius 1 is 1.05 bits per heavy atom. The zero-order valence-electron chi connectivity index (χ0n) is 13.5. The number of carboxylic acids is 1. The third-order valence-electron chi connectivity index (χ3n) is 3.96. The van der Waals surface area contributed by atoms with Gasteiger partial charge < -0.3 is 15.7 Å². The van der Waals surface area contributed by atoms with Gasteiger partial charge in [-0.1, -0.05) is 26.7 Å². The number of amides is 2. The van der Waals surface area contributed by atoms with Gasteiger partial charge in [-0.2, -0.15) is 11.8 Å². The van der Waals surface area contributed by atoms with E-state index in [1.807, 2.05) is 25.6 Å². The summed E-state index contributed by atoms with van der Waals surface area (Å²) in [5.74, 6) is 0.348. The average molecular weight is 318 g/mol. The first-order valence-electron chi connectivity index (χ1n) is 7.76. The molecule has 5 nitrogen and oxygen atoms in total. The monoisotopic (exact) mass is 318 g/mol. The lowest BCUT2D eigenvalue weighted by Crippen LogP contribution is -2.46. The van der Waals surface area contributed by atoms with E-state index in [-0.39, 0.29) is 12.6 Å². The Kier molecular flexibility index (Phi) is 11.2. The fourth-order valence-corrected chi connectivity index (χ4v) is 2.61. The molecule has 2 amide bonds. The Morgan fingerprint density at radius 2 is 1.67 bits per heavy atom. The number of unbranched alkanes of at least 4 members (excludes halogenated alkanes) is 3. The van der Waals surface area contributed by atoms with Gasteiger partial charge in [0.2, 0.25) is 0 Å². The molecule has 0 saturated heterocycles. The van der Waals surface area contributed by atoms with Crippen molar-refractivity contribution in [3.8, 4) is 0 Å². The summed E-state index contributed by atoms with van der Waals surface area (Å²) in [6.07, 6.45) is 7.62. The second-order valence-electron chi connectivity index (χ2n) is 5.31. The van der Waals surface area contributed by atoms with Gasteiger partial charge in [0.25, 0.3) is 0 Å². The van der Waals surface area contributed by atoms with Gasteiger partial charge in [-0.25, -0.2) is 4.79 Å². The van der Waals surface area contributed by atoms with E-state index in [1.54, 1.807) is 0 Å². The van der Waals surface area contributed by atoms with Crippen molar-refractivity contribution >= 4 is 23.8 Å². The third-order valence-corrected chi connectivity index (χ3v) is 4.65. The van der Waals surface area contributed by atoms with Crippen LogP contribution in [0.4, 0.5) is 4.79 Å². The summed E-state index contributed by atoms with van der Waals surface area (Å²) in [6.45, 7) is 4.50. The number of aliphatic carboxylic acids is 1. The number of hydrogen-bond donors (Lipinski definition) is 3. The predicted octanol–water partition coefficient (Wildman–Crippen LogP) is 3.10. The Labute approximate surface area is 132 Å². The molecule has 0 rings (SSSR count). The summed E-state index contributed by atoms with van der Waals surface area (Å²) in [6, 6.07) is -0.272. The molecular weight excluding hydrogens is 288 g/mol. The molecule has 0 fully saturated rings. The lowest BCUT2D eigenvalue weighted by Gasteiger charge is -2.26. The maximum atomic E-state index is 11.7. The minimum absolute atomic E-state index is 0.175. The van der Waals surface area contributed by atoms with E-state index in [0.29, 0.717) is 19.4 Å². The standard InChI is InChI=1S/C15H30N2O3S/c1-4-15(5-2,13(18)19)12-17-14(20)16-10-8-6-7-9-11-21-3/h4-12H2,1-3H3,(H,18,19)(H2,16,17,20). The van der Waals surface area contributed by atoms with E-state index in [1.165, 1.54) is 18.6 Å². The van der Waals surface area contributed by atoms with Crippen molar-refractivity contribution in [3.63, 3.8) is 0 Å².